The van der Waals surface area contributed by atoms with Gasteiger partial charge in [0.1, 0.15) is 0 Å². The van der Waals surface area contributed by atoms with E-state index in [1.54, 1.807) is 43.4 Å². The summed E-state index contributed by atoms with van der Waals surface area (Å²) < 4.78 is 2.60. The van der Waals surface area contributed by atoms with Crippen molar-refractivity contribution in [3.8, 4) is 0 Å². The van der Waals surface area contributed by atoms with Crippen LogP contribution in [0.5, 0.6) is 0 Å². The molecule has 0 radical (unpaired) electrons. The Morgan fingerprint density at radius 2 is 1.59 bits per heavy atom. The van der Waals surface area contributed by atoms with Crippen molar-refractivity contribution in [1.29, 1.82) is 0 Å². The lowest BCUT2D eigenvalue weighted by atomic mass is 10.1. The summed E-state index contributed by atoms with van der Waals surface area (Å²) >= 11 is 5.96. The van der Waals surface area contributed by atoms with Crippen LogP contribution in [-0.4, -0.2) is 29.1 Å². The number of rotatable bonds is 3. The monoisotopic (exact) mass is 386 g/mol. The summed E-state index contributed by atoms with van der Waals surface area (Å²) in [5.41, 5.74) is 1.53. The minimum Gasteiger partial charge on any atom is -0.376 e. The Labute approximate surface area is 160 Å². The Hall–Kier alpha value is -3.06. The van der Waals surface area contributed by atoms with Crippen LogP contribution in [0.2, 0.25) is 5.02 Å². The van der Waals surface area contributed by atoms with Crippen LogP contribution in [-0.2, 0) is 14.1 Å². The Kier molecular flexibility index (Phi) is 4.80. The van der Waals surface area contributed by atoms with E-state index in [1.807, 2.05) is 19.0 Å². The molecule has 0 fully saturated rings. The molecule has 140 valence electrons. The number of anilines is 2. The molecular weight excluding hydrogens is 368 g/mol. The molecule has 0 saturated carbocycles. The third-order valence-corrected chi connectivity index (χ3v) is 4.66. The molecule has 0 aliphatic carbocycles. The number of aryl methyl sites for hydroxylation is 2. The molecule has 0 spiro atoms. The zero-order valence-electron chi connectivity index (χ0n) is 15.4. The van der Waals surface area contributed by atoms with Crippen molar-refractivity contribution >= 4 is 39.9 Å². The van der Waals surface area contributed by atoms with E-state index in [-0.39, 0.29) is 5.91 Å². The molecule has 1 amide bonds. The van der Waals surface area contributed by atoms with Gasteiger partial charge in [-0.2, -0.15) is 0 Å². The van der Waals surface area contributed by atoms with Crippen molar-refractivity contribution < 1.29 is 4.79 Å². The van der Waals surface area contributed by atoms with Crippen molar-refractivity contribution in [3.63, 3.8) is 0 Å². The number of carbonyl (C=O) groups is 1. The van der Waals surface area contributed by atoms with Gasteiger partial charge in [0.25, 0.3) is 5.91 Å². The zero-order valence-corrected chi connectivity index (χ0v) is 16.2. The maximum Gasteiger partial charge on any atom is 0.316 e. The van der Waals surface area contributed by atoms with Crippen molar-refractivity contribution in [1.82, 2.24) is 9.13 Å². The number of nitrogens with zero attached hydrogens (tertiary/aromatic N) is 3. The molecule has 0 atom stereocenters. The summed E-state index contributed by atoms with van der Waals surface area (Å²) in [6.07, 6.45) is 0. The van der Waals surface area contributed by atoms with Gasteiger partial charge in [-0.1, -0.05) is 17.7 Å². The van der Waals surface area contributed by atoms with Gasteiger partial charge in [0.2, 0.25) is 0 Å². The topological polar surface area (TPSA) is 76.3 Å². The first kappa shape index (κ1) is 18.7. The van der Waals surface area contributed by atoms with E-state index in [9.17, 15) is 14.4 Å². The molecule has 7 nitrogen and oxygen atoms in total. The Balaban J connectivity index is 2.20. The van der Waals surface area contributed by atoms with Gasteiger partial charge in [0.15, 0.2) is 0 Å². The fourth-order valence-electron chi connectivity index (χ4n) is 2.90. The molecule has 8 heteroatoms. The van der Waals surface area contributed by atoms with Crippen LogP contribution in [0.15, 0.2) is 46.0 Å². The molecule has 0 saturated heterocycles. The molecule has 27 heavy (non-hydrogen) atoms. The van der Waals surface area contributed by atoms with Crippen LogP contribution >= 0.6 is 11.6 Å². The van der Waals surface area contributed by atoms with Crippen molar-refractivity contribution in [2.24, 2.45) is 14.1 Å². The molecule has 3 rings (SSSR count). The van der Waals surface area contributed by atoms with E-state index in [1.165, 1.54) is 16.2 Å². The summed E-state index contributed by atoms with van der Waals surface area (Å²) in [6.45, 7) is 0. The molecule has 1 heterocycles. The Bertz CT molecular complexity index is 1180. The SMILES string of the molecule is CN(C)c1cc2c(cc1NC(=O)c1cccc(Cl)c1)n(C)c(=O)c(=O)n2C. The number of hydrogen-bond donors (Lipinski definition) is 1. The molecule has 0 aliphatic rings. The first-order valence-electron chi connectivity index (χ1n) is 8.18. The van der Waals surface area contributed by atoms with E-state index in [2.05, 4.69) is 5.32 Å². The van der Waals surface area contributed by atoms with Gasteiger partial charge in [-0.25, -0.2) is 0 Å². The summed E-state index contributed by atoms with van der Waals surface area (Å²) in [7, 11) is 6.74. The van der Waals surface area contributed by atoms with Gasteiger partial charge in [0.05, 0.1) is 22.4 Å². The maximum absolute atomic E-state index is 12.6. The van der Waals surface area contributed by atoms with E-state index >= 15 is 0 Å². The number of aromatic nitrogens is 2. The van der Waals surface area contributed by atoms with Crippen LogP contribution in [0.3, 0.4) is 0 Å². The average Bonchev–Trinajstić information content (AvgIpc) is 2.64. The highest BCUT2D eigenvalue weighted by Crippen LogP contribution is 2.29. The molecular formula is C19H19ClN4O3. The average molecular weight is 387 g/mol. The highest BCUT2D eigenvalue weighted by atomic mass is 35.5. The second kappa shape index (κ2) is 6.92. The minimum atomic E-state index is -0.630. The molecule has 0 unspecified atom stereocenters. The second-order valence-corrected chi connectivity index (χ2v) is 6.88. The number of halogens is 1. The third kappa shape index (κ3) is 3.33. The lowest BCUT2D eigenvalue weighted by molar-refractivity contribution is 0.102. The minimum absolute atomic E-state index is 0.324. The number of fused-ring (bicyclic) bond motifs is 1. The second-order valence-electron chi connectivity index (χ2n) is 6.45. The predicted molar refractivity (Wildman–Crippen MR) is 108 cm³/mol. The summed E-state index contributed by atoms with van der Waals surface area (Å²) in [6, 6.07) is 10.1. The molecule has 3 aromatic rings. The van der Waals surface area contributed by atoms with Crippen LogP contribution in [0.1, 0.15) is 10.4 Å². The predicted octanol–water partition coefficient (Wildman–Crippen LogP) is 2.21. The van der Waals surface area contributed by atoms with Crippen LogP contribution < -0.4 is 21.3 Å². The van der Waals surface area contributed by atoms with Crippen LogP contribution in [0, 0.1) is 0 Å². The summed E-state index contributed by atoms with van der Waals surface area (Å²) in [5.74, 6) is -0.324. The van der Waals surface area contributed by atoms with E-state index < -0.39 is 11.1 Å². The fourth-order valence-corrected chi connectivity index (χ4v) is 3.09. The Morgan fingerprint density at radius 3 is 2.15 bits per heavy atom. The van der Waals surface area contributed by atoms with Gasteiger partial charge in [-0.15, -0.1) is 0 Å². The van der Waals surface area contributed by atoms with Crippen LogP contribution in [0.4, 0.5) is 11.4 Å². The first-order valence-corrected chi connectivity index (χ1v) is 8.56. The van der Waals surface area contributed by atoms with Crippen LogP contribution in [0.25, 0.3) is 11.0 Å². The largest absolute Gasteiger partial charge is 0.376 e. The smallest absolute Gasteiger partial charge is 0.316 e. The fraction of sp³-hybridized carbons (Fsp3) is 0.211. The van der Waals surface area contributed by atoms with Gasteiger partial charge < -0.3 is 19.4 Å². The van der Waals surface area contributed by atoms with Crippen molar-refractivity contribution in [2.45, 2.75) is 0 Å². The van der Waals surface area contributed by atoms with Gasteiger partial charge >= 0.3 is 11.1 Å². The number of amides is 1. The summed E-state index contributed by atoms with van der Waals surface area (Å²) in [5, 5.41) is 3.33. The normalized spacial score (nSPS) is 10.9. The molecule has 1 aromatic heterocycles. The van der Waals surface area contributed by atoms with Crippen molar-refractivity contribution in [3.05, 3.63) is 67.7 Å². The third-order valence-electron chi connectivity index (χ3n) is 4.42. The first-order chi connectivity index (χ1) is 12.7. The number of benzene rings is 2. The quantitative estimate of drug-likeness (QED) is 0.700. The molecule has 1 N–H and O–H groups in total. The summed E-state index contributed by atoms with van der Waals surface area (Å²) in [4.78, 5) is 38.7. The van der Waals surface area contributed by atoms with E-state index in [0.29, 0.717) is 33.0 Å². The number of nitrogens with one attached hydrogen (secondary N) is 1. The molecule has 0 aliphatic heterocycles. The van der Waals surface area contributed by atoms with Gasteiger partial charge in [-0.3, -0.25) is 14.4 Å². The lowest BCUT2D eigenvalue weighted by Gasteiger charge is -2.20. The van der Waals surface area contributed by atoms with E-state index in [4.69, 9.17) is 11.6 Å². The standard InChI is InChI=1S/C19H19ClN4O3/c1-22(2)14-10-16-15(23(3)18(26)19(27)24(16)4)9-13(14)21-17(25)11-6-5-7-12(20)8-11/h5-10H,1-4H3,(H,21,25). The molecule has 2 aromatic carbocycles. The maximum atomic E-state index is 12.6. The highest BCUT2D eigenvalue weighted by Gasteiger charge is 2.16. The van der Waals surface area contributed by atoms with E-state index in [0.717, 1.165) is 0 Å². The molecule has 0 bridgehead atoms. The lowest BCUT2D eigenvalue weighted by Crippen LogP contribution is -2.39. The van der Waals surface area contributed by atoms with Crippen molar-refractivity contribution in [2.75, 3.05) is 24.3 Å². The van der Waals surface area contributed by atoms with Gasteiger partial charge in [0, 0.05) is 38.8 Å². The number of carbonyl (C=O) groups excluding carboxylic acids is 1. The highest BCUT2D eigenvalue weighted by molar-refractivity contribution is 6.31. The number of hydrogen-bond acceptors (Lipinski definition) is 4. The Morgan fingerprint density at radius 1 is 1.00 bits per heavy atom. The van der Waals surface area contributed by atoms with Gasteiger partial charge in [-0.05, 0) is 30.3 Å². The zero-order chi connectivity index (χ0) is 19.9.